The summed E-state index contributed by atoms with van der Waals surface area (Å²) in [7, 11) is 0. The molecule has 4 heteroatoms. The predicted molar refractivity (Wildman–Crippen MR) is 102 cm³/mol. The Morgan fingerprint density at radius 3 is 2.50 bits per heavy atom. The molecular formula is C22H24N2O2. The number of hydrogen-bond donors (Lipinski definition) is 1. The summed E-state index contributed by atoms with van der Waals surface area (Å²) in [6.45, 7) is 4.07. The van der Waals surface area contributed by atoms with Crippen LogP contribution in [0.2, 0.25) is 0 Å². The van der Waals surface area contributed by atoms with E-state index in [-0.39, 0.29) is 17.9 Å². The van der Waals surface area contributed by atoms with Crippen molar-refractivity contribution < 1.29 is 9.59 Å². The van der Waals surface area contributed by atoms with Crippen LogP contribution in [0.1, 0.15) is 58.8 Å². The molecule has 1 saturated carbocycles. The fourth-order valence-corrected chi connectivity index (χ4v) is 4.07. The SMILES string of the molecule is Cc1ccc(N2C(=O)c3ccccc3[C@H]2C(=O)NC2CCCC2)cc1C. The minimum absolute atomic E-state index is 0.0755. The van der Waals surface area contributed by atoms with Gasteiger partial charge in [-0.15, -0.1) is 0 Å². The van der Waals surface area contributed by atoms with Gasteiger partial charge in [0.2, 0.25) is 5.91 Å². The van der Waals surface area contributed by atoms with Crippen molar-refractivity contribution in [3.8, 4) is 0 Å². The van der Waals surface area contributed by atoms with E-state index in [1.807, 2.05) is 56.3 Å². The van der Waals surface area contributed by atoms with Crippen LogP contribution in [0.4, 0.5) is 5.69 Å². The summed E-state index contributed by atoms with van der Waals surface area (Å²) >= 11 is 0. The maximum absolute atomic E-state index is 13.1. The quantitative estimate of drug-likeness (QED) is 0.909. The first-order valence-corrected chi connectivity index (χ1v) is 9.36. The standard InChI is InChI=1S/C22H24N2O2/c1-14-11-12-17(13-15(14)2)24-20(21(25)23-16-7-3-4-8-16)18-9-5-6-10-19(18)22(24)26/h5-6,9-13,16,20H,3-4,7-8H2,1-2H3,(H,23,25)/t20-/m0/s1. The van der Waals surface area contributed by atoms with Gasteiger partial charge in [-0.05, 0) is 61.6 Å². The van der Waals surface area contributed by atoms with Gasteiger partial charge in [0.15, 0.2) is 0 Å². The van der Waals surface area contributed by atoms with Crippen LogP contribution >= 0.6 is 0 Å². The Hall–Kier alpha value is -2.62. The molecule has 0 unspecified atom stereocenters. The Morgan fingerprint density at radius 1 is 1.04 bits per heavy atom. The second kappa shape index (κ2) is 6.60. The summed E-state index contributed by atoms with van der Waals surface area (Å²) < 4.78 is 0. The molecule has 1 heterocycles. The molecule has 0 aromatic heterocycles. The lowest BCUT2D eigenvalue weighted by atomic mass is 10.0. The highest BCUT2D eigenvalue weighted by Gasteiger charge is 2.42. The number of fused-ring (bicyclic) bond motifs is 1. The Bertz CT molecular complexity index is 868. The molecule has 0 spiro atoms. The highest BCUT2D eigenvalue weighted by molar-refractivity contribution is 6.15. The van der Waals surface area contributed by atoms with Crippen molar-refractivity contribution in [2.45, 2.75) is 51.6 Å². The molecule has 2 aromatic carbocycles. The van der Waals surface area contributed by atoms with Crippen molar-refractivity contribution >= 4 is 17.5 Å². The lowest BCUT2D eigenvalue weighted by Gasteiger charge is -2.26. The summed E-state index contributed by atoms with van der Waals surface area (Å²) in [4.78, 5) is 27.9. The van der Waals surface area contributed by atoms with Gasteiger partial charge in [0, 0.05) is 17.3 Å². The van der Waals surface area contributed by atoms with Gasteiger partial charge in [-0.3, -0.25) is 14.5 Å². The third kappa shape index (κ3) is 2.79. The van der Waals surface area contributed by atoms with Crippen LogP contribution in [0.25, 0.3) is 0 Å². The first kappa shape index (κ1) is 16.8. The van der Waals surface area contributed by atoms with E-state index in [0.717, 1.165) is 42.5 Å². The van der Waals surface area contributed by atoms with Gasteiger partial charge in [-0.25, -0.2) is 0 Å². The zero-order valence-electron chi connectivity index (χ0n) is 15.3. The Morgan fingerprint density at radius 2 is 1.77 bits per heavy atom. The molecule has 1 aliphatic carbocycles. The number of amides is 2. The molecule has 0 saturated heterocycles. The number of carbonyl (C=O) groups is 2. The summed E-state index contributed by atoms with van der Waals surface area (Å²) in [6, 6.07) is 13.0. The second-order valence-corrected chi connectivity index (χ2v) is 7.42. The van der Waals surface area contributed by atoms with E-state index >= 15 is 0 Å². The van der Waals surface area contributed by atoms with Gasteiger partial charge in [0.05, 0.1) is 0 Å². The summed E-state index contributed by atoms with van der Waals surface area (Å²) in [5.74, 6) is -0.177. The van der Waals surface area contributed by atoms with Crippen molar-refractivity contribution in [2.24, 2.45) is 0 Å². The molecule has 0 radical (unpaired) electrons. The molecule has 1 aliphatic heterocycles. The predicted octanol–water partition coefficient (Wildman–Crippen LogP) is 4.06. The lowest BCUT2D eigenvalue weighted by Crippen LogP contribution is -2.42. The minimum atomic E-state index is -0.596. The van der Waals surface area contributed by atoms with E-state index in [2.05, 4.69) is 5.32 Å². The molecule has 0 bridgehead atoms. The molecule has 1 atom stereocenters. The van der Waals surface area contributed by atoms with Gasteiger partial charge >= 0.3 is 0 Å². The number of carbonyl (C=O) groups excluding carboxylic acids is 2. The number of benzene rings is 2. The third-order valence-corrected chi connectivity index (χ3v) is 5.68. The molecule has 2 aliphatic rings. The summed E-state index contributed by atoms with van der Waals surface area (Å²) in [5.41, 5.74) is 4.48. The highest BCUT2D eigenvalue weighted by atomic mass is 16.2. The van der Waals surface area contributed by atoms with Crippen molar-refractivity contribution in [1.82, 2.24) is 5.32 Å². The number of hydrogen-bond acceptors (Lipinski definition) is 2. The van der Waals surface area contributed by atoms with Crippen molar-refractivity contribution in [2.75, 3.05) is 4.90 Å². The Balaban J connectivity index is 1.74. The first-order chi connectivity index (χ1) is 12.6. The van der Waals surface area contributed by atoms with E-state index in [1.54, 1.807) is 4.90 Å². The maximum Gasteiger partial charge on any atom is 0.259 e. The third-order valence-electron chi connectivity index (χ3n) is 5.68. The van der Waals surface area contributed by atoms with Crippen molar-refractivity contribution in [3.63, 3.8) is 0 Å². The van der Waals surface area contributed by atoms with Crippen LogP contribution in [0.15, 0.2) is 42.5 Å². The molecule has 4 nitrogen and oxygen atoms in total. The van der Waals surface area contributed by atoms with Crippen LogP contribution in [0.5, 0.6) is 0 Å². The average Bonchev–Trinajstić information content (AvgIpc) is 3.24. The normalized spacial score (nSPS) is 19.7. The number of aryl methyl sites for hydroxylation is 2. The molecule has 134 valence electrons. The van der Waals surface area contributed by atoms with Gasteiger partial charge in [-0.2, -0.15) is 0 Å². The Kier molecular flexibility index (Phi) is 4.27. The summed E-state index contributed by atoms with van der Waals surface area (Å²) in [6.07, 6.45) is 4.37. The smallest absolute Gasteiger partial charge is 0.259 e. The van der Waals surface area contributed by atoms with Crippen LogP contribution in [-0.4, -0.2) is 17.9 Å². The van der Waals surface area contributed by atoms with E-state index < -0.39 is 6.04 Å². The zero-order chi connectivity index (χ0) is 18.3. The van der Waals surface area contributed by atoms with E-state index in [0.29, 0.717) is 5.56 Å². The minimum Gasteiger partial charge on any atom is -0.351 e. The largest absolute Gasteiger partial charge is 0.351 e. The van der Waals surface area contributed by atoms with Crippen molar-refractivity contribution in [3.05, 3.63) is 64.7 Å². The number of nitrogens with zero attached hydrogens (tertiary/aromatic N) is 1. The number of nitrogens with one attached hydrogen (secondary N) is 1. The second-order valence-electron chi connectivity index (χ2n) is 7.42. The van der Waals surface area contributed by atoms with Crippen molar-refractivity contribution in [1.29, 1.82) is 0 Å². The zero-order valence-corrected chi connectivity index (χ0v) is 15.3. The average molecular weight is 348 g/mol. The molecule has 1 fully saturated rings. The van der Waals surface area contributed by atoms with Crippen LogP contribution in [0.3, 0.4) is 0 Å². The van der Waals surface area contributed by atoms with E-state index in [4.69, 9.17) is 0 Å². The molecule has 2 aromatic rings. The lowest BCUT2D eigenvalue weighted by molar-refractivity contribution is -0.123. The molecule has 4 rings (SSSR count). The number of rotatable bonds is 3. The maximum atomic E-state index is 13.1. The van der Waals surface area contributed by atoms with Gasteiger partial charge < -0.3 is 5.32 Å². The first-order valence-electron chi connectivity index (χ1n) is 9.36. The van der Waals surface area contributed by atoms with Gasteiger partial charge in [-0.1, -0.05) is 37.1 Å². The topological polar surface area (TPSA) is 49.4 Å². The number of anilines is 1. The van der Waals surface area contributed by atoms with E-state index in [1.165, 1.54) is 5.56 Å². The van der Waals surface area contributed by atoms with Crippen LogP contribution in [-0.2, 0) is 4.79 Å². The van der Waals surface area contributed by atoms with Crippen LogP contribution < -0.4 is 10.2 Å². The fourth-order valence-electron chi connectivity index (χ4n) is 4.07. The molecular weight excluding hydrogens is 324 g/mol. The Labute approximate surface area is 154 Å². The monoisotopic (exact) mass is 348 g/mol. The van der Waals surface area contributed by atoms with Crippen LogP contribution in [0, 0.1) is 13.8 Å². The highest BCUT2D eigenvalue weighted by Crippen LogP contribution is 2.38. The van der Waals surface area contributed by atoms with Gasteiger partial charge in [0.25, 0.3) is 5.91 Å². The fraction of sp³-hybridized carbons (Fsp3) is 0.364. The molecule has 1 N–H and O–H groups in total. The summed E-state index contributed by atoms with van der Waals surface area (Å²) in [5, 5.41) is 3.18. The molecule has 26 heavy (non-hydrogen) atoms. The van der Waals surface area contributed by atoms with Gasteiger partial charge in [0.1, 0.15) is 6.04 Å². The molecule has 2 amide bonds. The van der Waals surface area contributed by atoms with E-state index in [9.17, 15) is 9.59 Å².